The van der Waals surface area contributed by atoms with E-state index in [1.807, 2.05) is 20.8 Å². The Morgan fingerprint density at radius 1 is 1.59 bits per heavy atom. The van der Waals surface area contributed by atoms with Gasteiger partial charge in [0.1, 0.15) is 0 Å². The summed E-state index contributed by atoms with van der Waals surface area (Å²) in [5, 5.41) is 15.2. The van der Waals surface area contributed by atoms with Gasteiger partial charge in [0.15, 0.2) is 10.8 Å². The minimum atomic E-state index is -0.405. The van der Waals surface area contributed by atoms with Gasteiger partial charge in [0.25, 0.3) is 0 Å². The molecule has 4 nitrogen and oxygen atoms in total. The molecule has 2 N–H and O–H groups in total. The van der Waals surface area contributed by atoms with Gasteiger partial charge in [-0.2, -0.15) is 0 Å². The Balaban J connectivity index is 2.19. The van der Waals surface area contributed by atoms with Crippen LogP contribution in [0.15, 0.2) is 11.6 Å². The van der Waals surface area contributed by atoms with Crippen molar-refractivity contribution in [2.24, 2.45) is 5.41 Å². The average Bonchev–Trinajstić information content (AvgIpc) is 2.75. The van der Waals surface area contributed by atoms with Crippen LogP contribution in [-0.4, -0.2) is 35.1 Å². The monoisotopic (exact) mass is 256 g/mol. The summed E-state index contributed by atoms with van der Waals surface area (Å²) in [5.41, 5.74) is -0.133. The molecule has 0 amide bonds. The summed E-state index contributed by atoms with van der Waals surface area (Å²) in [6, 6.07) is 0. The molecule has 0 spiro atoms. The number of hydrogen-bond acceptors (Lipinski definition) is 5. The molecule has 1 rings (SSSR count). The van der Waals surface area contributed by atoms with Gasteiger partial charge in [0, 0.05) is 31.1 Å². The van der Waals surface area contributed by atoms with Gasteiger partial charge in [0.05, 0.1) is 6.10 Å². The molecular weight excluding hydrogens is 236 g/mol. The van der Waals surface area contributed by atoms with E-state index in [-0.39, 0.29) is 11.2 Å². The molecule has 0 aromatic carbocycles. The van der Waals surface area contributed by atoms with E-state index in [0.29, 0.717) is 24.5 Å². The zero-order valence-corrected chi connectivity index (χ0v) is 11.4. The minimum Gasteiger partial charge on any atom is -0.391 e. The van der Waals surface area contributed by atoms with Gasteiger partial charge in [0.2, 0.25) is 0 Å². The second-order valence-corrected chi connectivity index (χ2v) is 5.99. The van der Waals surface area contributed by atoms with Gasteiger partial charge in [-0.25, -0.2) is 4.98 Å². The van der Waals surface area contributed by atoms with Crippen molar-refractivity contribution in [2.75, 3.05) is 13.1 Å². The predicted octanol–water partition coefficient (Wildman–Crippen LogP) is 1.71. The van der Waals surface area contributed by atoms with Crippen LogP contribution in [0.2, 0.25) is 0 Å². The number of nitrogens with zero attached hydrogens (tertiary/aromatic N) is 1. The lowest BCUT2D eigenvalue weighted by atomic mass is 9.89. The van der Waals surface area contributed by atoms with Gasteiger partial charge in [-0.1, -0.05) is 20.8 Å². The van der Waals surface area contributed by atoms with Crippen LogP contribution >= 0.6 is 11.3 Å². The van der Waals surface area contributed by atoms with Crippen LogP contribution in [-0.2, 0) is 0 Å². The highest BCUT2D eigenvalue weighted by molar-refractivity contribution is 7.11. The molecule has 0 aliphatic carbocycles. The number of aliphatic hydroxyl groups is 1. The average molecular weight is 256 g/mol. The summed E-state index contributed by atoms with van der Waals surface area (Å²) in [5.74, 6) is 0.0535. The Bertz CT molecular complexity index is 344. The van der Waals surface area contributed by atoms with E-state index in [4.69, 9.17) is 0 Å². The Morgan fingerprint density at radius 2 is 2.29 bits per heavy atom. The highest BCUT2D eigenvalue weighted by Gasteiger charge is 2.21. The first-order chi connectivity index (χ1) is 7.91. The van der Waals surface area contributed by atoms with E-state index in [0.717, 1.165) is 0 Å². The molecule has 0 fully saturated rings. The number of ketones is 1. The molecule has 0 saturated carbocycles. The summed E-state index contributed by atoms with van der Waals surface area (Å²) < 4.78 is 0. The maximum Gasteiger partial charge on any atom is 0.192 e. The molecule has 96 valence electrons. The molecule has 1 aromatic rings. The fraction of sp³-hybridized carbons (Fsp3) is 0.667. The maximum absolute atomic E-state index is 11.6. The van der Waals surface area contributed by atoms with E-state index in [1.54, 1.807) is 11.6 Å². The highest BCUT2D eigenvalue weighted by atomic mass is 32.1. The number of Topliss-reactive ketones (excluding diaryl/α,β-unsaturated/α-hetero) is 1. The first-order valence-electron chi connectivity index (χ1n) is 5.72. The Hall–Kier alpha value is -0.780. The van der Waals surface area contributed by atoms with Crippen molar-refractivity contribution in [3.05, 3.63) is 16.6 Å². The van der Waals surface area contributed by atoms with Crippen molar-refractivity contribution in [2.45, 2.75) is 33.3 Å². The summed E-state index contributed by atoms with van der Waals surface area (Å²) in [6.07, 6.45) is 1.65. The lowest BCUT2D eigenvalue weighted by molar-refractivity contribution is 0.0628. The standard InChI is InChI=1S/C12H20N2O2S/c1-12(2,3)10(16)8-13-5-4-9(15)11-14-6-7-17-11/h6-7,10,13,16H,4-5,8H2,1-3H3. The summed E-state index contributed by atoms with van der Waals surface area (Å²) in [4.78, 5) is 15.6. The highest BCUT2D eigenvalue weighted by Crippen LogP contribution is 2.18. The van der Waals surface area contributed by atoms with Gasteiger partial charge >= 0.3 is 0 Å². The second kappa shape index (κ2) is 6.23. The summed E-state index contributed by atoms with van der Waals surface area (Å²) in [6.45, 7) is 7.04. The molecule has 0 aliphatic rings. The van der Waals surface area contributed by atoms with Crippen LogP contribution in [0.4, 0.5) is 0 Å². The maximum atomic E-state index is 11.6. The molecule has 0 saturated heterocycles. The zero-order valence-electron chi connectivity index (χ0n) is 10.6. The van der Waals surface area contributed by atoms with Crippen LogP contribution in [0, 0.1) is 5.41 Å². The van der Waals surface area contributed by atoms with Crippen LogP contribution in [0.5, 0.6) is 0 Å². The third kappa shape index (κ3) is 4.93. The first-order valence-corrected chi connectivity index (χ1v) is 6.60. The van der Waals surface area contributed by atoms with Crippen LogP contribution in [0.25, 0.3) is 0 Å². The Morgan fingerprint density at radius 3 is 2.82 bits per heavy atom. The molecule has 0 bridgehead atoms. The number of hydrogen-bond donors (Lipinski definition) is 2. The van der Waals surface area contributed by atoms with Crippen LogP contribution in [0.1, 0.15) is 37.0 Å². The number of nitrogens with one attached hydrogen (secondary N) is 1. The fourth-order valence-electron chi connectivity index (χ4n) is 1.21. The van der Waals surface area contributed by atoms with E-state index in [2.05, 4.69) is 10.3 Å². The first kappa shape index (κ1) is 14.3. The van der Waals surface area contributed by atoms with Crippen molar-refractivity contribution in [1.29, 1.82) is 0 Å². The largest absolute Gasteiger partial charge is 0.391 e. The van der Waals surface area contributed by atoms with E-state index in [1.165, 1.54) is 11.3 Å². The number of carbonyl (C=O) groups excluding carboxylic acids is 1. The third-order valence-corrected chi connectivity index (χ3v) is 3.35. The predicted molar refractivity (Wildman–Crippen MR) is 69.4 cm³/mol. The molecule has 1 aromatic heterocycles. The summed E-state index contributed by atoms with van der Waals surface area (Å²) in [7, 11) is 0. The molecule has 1 heterocycles. The number of rotatable bonds is 6. The lowest BCUT2D eigenvalue weighted by Gasteiger charge is -2.25. The molecule has 1 atom stereocenters. The van der Waals surface area contributed by atoms with Gasteiger partial charge in [-0.3, -0.25) is 4.79 Å². The van der Waals surface area contributed by atoms with E-state index < -0.39 is 6.10 Å². The van der Waals surface area contributed by atoms with Gasteiger partial charge in [-0.15, -0.1) is 11.3 Å². The topological polar surface area (TPSA) is 62.2 Å². The Labute approximate surface area is 106 Å². The molecule has 17 heavy (non-hydrogen) atoms. The minimum absolute atomic E-state index is 0.0535. The molecule has 0 radical (unpaired) electrons. The summed E-state index contributed by atoms with van der Waals surface area (Å²) >= 11 is 1.36. The number of thiazole rings is 1. The number of aliphatic hydroxyl groups excluding tert-OH is 1. The second-order valence-electron chi connectivity index (χ2n) is 5.10. The Kier molecular flexibility index (Phi) is 5.24. The number of aromatic nitrogens is 1. The smallest absolute Gasteiger partial charge is 0.192 e. The van der Waals surface area contributed by atoms with E-state index >= 15 is 0 Å². The molecular formula is C12H20N2O2S. The van der Waals surface area contributed by atoms with Crippen molar-refractivity contribution in [1.82, 2.24) is 10.3 Å². The number of carbonyl (C=O) groups is 1. The molecule has 5 heteroatoms. The van der Waals surface area contributed by atoms with Crippen molar-refractivity contribution in [3.63, 3.8) is 0 Å². The van der Waals surface area contributed by atoms with Gasteiger partial charge in [-0.05, 0) is 5.41 Å². The fourth-order valence-corrected chi connectivity index (χ4v) is 1.82. The molecule has 1 unspecified atom stereocenters. The van der Waals surface area contributed by atoms with Crippen LogP contribution in [0.3, 0.4) is 0 Å². The van der Waals surface area contributed by atoms with Crippen molar-refractivity contribution >= 4 is 17.1 Å². The van der Waals surface area contributed by atoms with Crippen LogP contribution < -0.4 is 5.32 Å². The zero-order chi connectivity index (χ0) is 12.9. The third-order valence-electron chi connectivity index (χ3n) is 2.54. The quantitative estimate of drug-likeness (QED) is 0.601. The molecule has 0 aliphatic heterocycles. The van der Waals surface area contributed by atoms with Crippen molar-refractivity contribution in [3.8, 4) is 0 Å². The normalized spacial score (nSPS) is 13.6. The SMILES string of the molecule is CC(C)(C)C(O)CNCCC(=O)c1nccs1. The van der Waals surface area contributed by atoms with E-state index in [9.17, 15) is 9.90 Å². The van der Waals surface area contributed by atoms with Gasteiger partial charge < -0.3 is 10.4 Å². The van der Waals surface area contributed by atoms with Crippen molar-refractivity contribution < 1.29 is 9.90 Å². The lowest BCUT2D eigenvalue weighted by Crippen LogP contribution is -2.37.